The first-order valence-corrected chi connectivity index (χ1v) is 26.8. The Morgan fingerprint density at radius 3 is 2.45 bits per heavy atom. The monoisotopic (exact) mass is 1060 g/mol. The summed E-state index contributed by atoms with van der Waals surface area (Å²) in [5.74, 6) is -0.220. The van der Waals surface area contributed by atoms with E-state index < -0.39 is 59.6 Å². The van der Waals surface area contributed by atoms with Crippen molar-refractivity contribution in [2.45, 2.75) is 122 Å². The maximum absolute atomic E-state index is 17.1. The van der Waals surface area contributed by atoms with Gasteiger partial charge in [-0.2, -0.15) is 0 Å². The number of methoxy groups -OCH3 is 2. The number of hydrogen-bond acceptors (Lipinski definition) is 13. The number of halogens is 1. The number of hydrogen-bond donors (Lipinski definition) is 5. The molecule has 2 aromatic carbocycles. The SMILES string of the molecule is COC(=O)NC(C(=O)N1CCC[C@H]1c1ncc(-c2cc(F)c3c(c2)OC(c2cnc(CC(C)C)s2)n2c-3cc3cc(-c4cnc([C@@]5(O)CC6=C[C@H]6N5C(=O)C(NC(=O)OC)C5CCOC(C)(C)C5)[nH]4)ccc32)[nH]1)C(C)C. The molecule has 1 aliphatic carbocycles. The average Bonchev–Trinajstić information content (AvgIpc) is 4.22. The Labute approximate surface area is 442 Å². The fourth-order valence-electron chi connectivity index (χ4n) is 11.6. The lowest BCUT2D eigenvalue weighted by molar-refractivity contribution is -0.164. The van der Waals surface area contributed by atoms with Crippen LogP contribution in [0, 0.1) is 23.6 Å². The number of H-pyrrole nitrogens is 2. The molecule has 76 heavy (non-hydrogen) atoms. The van der Waals surface area contributed by atoms with Crippen molar-refractivity contribution in [3.8, 4) is 39.5 Å². The van der Waals surface area contributed by atoms with Gasteiger partial charge in [0.05, 0.1) is 82.3 Å². The first-order valence-electron chi connectivity index (χ1n) is 26.0. The van der Waals surface area contributed by atoms with Gasteiger partial charge in [0, 0.05) is 48.7 Å². The Bertz CT molecular complexity index is 3300. The molecule has 19 nitrogen and oxygen atoms in total. The summed E-state index contributed by atoms with van der Waals surface area (Å²) in [7, 11) is 2.51. The quantitative estimate of drug-likeness (QED) is 0.0686. The first-order chi connectivity index (χ1) is 36.3. The summed E-state index contributed by atoms with van der Waals surface area (Å²) in [6.45, 7) is 12.8. The number of nitrogens with zero attached hydrogens (tertiary/aromatic N) is 6. The van der Waals surface area contributed by atoms with Crippen LogP contribution in [-0.4, -0.2) is 119 Å². The maximum atomic E-state index is 17.1. The zero-order valence-corrected chi connectivity index (χ0v) is 44.5. The maximum Gasteiger partial charge on any atom is 0.407 e. The summed E-state index contributed by atoms with van der Waals surface area (Å²) < 4.78 is 41.6. The molecule has 6 aromatic rings. The molecule has 11 rings (SSSR count). The second kappa shape index (κ2) is 19.5. The van der Waals surface area contributed by atoms with E-state index in [0.29, 0.717) is 72.6 Å². The van der Waals surface area contributed by atoms with Gasteiger partial charge < -0.3 is 49.6 Å². The van der Waals surface area contributed by atoms with E-state index in [1.807, 2.05) is 74.9 Å². The molecule has 4 unspecified atom stereocenters. The number of aromatic nitrogens is 6. The Kier molecular flexibility index (Phi) is 13.1. The molecule has 0 bridgehead atoms. The van der Waals surface area contributed by atoms with Crippen LogP contribution in [-0.2, 0) is 35.9 Å². The number of ether oxygens (including phenoxy) is 4. The molecule has 4 aromatic heterocycles. The molecule has 4 aliphatic heterocycles. The predicted molar refractivity (Wildman–Crippen MR) is 279 cm³/mol. The van der Waals surface area contributed by atoms with Crippen LogP contribution in [0.2, 0.25) is 0 Å². The van der Waals surface area contributed by atoms with Crippen molar-refractivity contribution in [3.63, 3.8) is 0 Å². The average molecular weight is 1060 g/mol. The summed E-state index contributed by atoms with van der Waals surface area (Å²) in [5, 5.41) is 19.7. The largest absolute Gasteiger partial charge is 0.464 e. The third kappa shape index (κ3) is 9.18. The zero-order valence-electron chi connectivity index (χ0n) is 43.7. The van der Waals surface area contributed by atoms with E-state index in [0.717, 1.165) is 44.8 Å². The molecule has 3 saturated heterocycles. The van der Waals surface area contributed by atoms with Crippen LogP contribution in [0.1, 0.15) is 107 Å². The molecule has 0 spiro atoms. The molecule has 21 heteroatoms. The Morgan fingerprint density at radius 1 is 0.934 bits per heavy atom. The van der Waals surface area contributed by atoms with Gasteiger partial charge in [-0.05, 0) is 93.2 Å². The number of thiazole rings is 1. The predicted octanol–water partition coefficient (Wildman–Crippen LogP) is 8.48. The van der Waals surface area contributed by atoms with Crippen molar-refractivity contribution in [2.75, 3.05) is 27.4 Å². The smallest absolute Gasteiger partial charge is 0.407 e. The van der Waals surface area contributed by atoms with Gasteiger partial charge in [-0.15, -0.1) is 11.3 Å². The summed E-state index contributed by atoms with van der Waals surface area (Å²) in [6.07, 6.45) is 8.26. The van der Waals surface area contributed by atoms with Gasteiger partial charge in [-0.25, -0.2) is 28.9 Å². The number of rotatable bonds is 13. The van der Waals surface area contributed by atoms with Gasteiger partial charge in [-0.3, -0.25) is 19.1 Å². The molecule has 400 valence electrons. The molecule has 3 fully saturated rings. The van der Waals surface area contributed by atoms with E-state index in [1.165, 1.54) is 25.2 Å². The number of aliphatic hydroxyl groups is 1. The number of fused-ring (bicyclic) bond motifs is 6. The van der Waals surface area contributed by atoms with Crippen molar-refractivity contribution in [2.24, 2.45) is 17.8 Å². The van der Waals surface area contributed by atoms with Gasteiger partial charge in [0.2, 0.25) is 23.8 Å². The molecule has 5 N–H and O–H groups in total. The molecule has 0 saturated carbocycles. The van der Waals surface area contributed by atoms with Gasteiger partial charge in [0.15, 0.2) is 5.82 Å². The van der Waals surface area contributed by atoms with Gasteiger partial charge in [0.1, 0.15) is 29.5 Å². The summed E-state index contributed by atoms with van der Waals surface area (Å²) in [6, 6.07) is 8.48. The number of carbonyl (C=O) groups excluding carboxylic acids is 4. The zero-order chi connectivity index (χ0) is 53.5. The van der Waals surface area contributed by atoms with E-state index in [2.05, 4.69) is 39.4 Å². The minimum atomic E-state index is -1.83. The topological polar surface area (TPSA) is 231 Å². The molecule has 0 radical (unpaired) electrons. The van der Waals surface area contributed by atoms with Crippen LogP contribution in [0.5, 0.6) is 5.75 Å². The second-order valence-electron chi connectivity index (χ2n) is 22.0. The number of aromatic amines is 2. The lowest BCUT2D eigenvalue weighted by atomic mass is 9.82. The number of alkyl carbamates (subject to hydrolysis) is 2. The standard InChI is InChI=1S/C55H63FN10O9S/c1-27(2)16-43-57-26-42(76-43)50-65-37-12-11-29(35-25-59-51(61-35)55(71)23-33-20-39(33)66(55)49(68)46(63-53(70)73-8)30-13-15-74-54(5,6)22-30)17-32(37)19-40(65)44-34(56)18-31(21-41(44)75-50)36-24-58-47(60-36)38-10-9-14-64(38)48(67)45(28(3)4)62-52(69)72-7/h11-12,17-21,24-28,30,38-39,45-46,50,71H,9-10,13-16,22-23H2,1-8H3,(H,58,60)(H,59,61)(H,62,69)(H,63,70)/t30?,38-,39+,45?,46?,50?,55-/m0/s1. The van der Waals surface area contributed by atoms with Crippen LogP contribution in [0.3, 0.4) is 0 Å². The first kappa shape index (κ1) is 51.0. The highest BCUT2D eigenvalue weighted by Crippen LogP contribution is 2.52. The van der Waals surface area contributed by atoms with Crippen molar-refractivity contribution in [1.29, 1.82) is 0 Å². The fourth-order valence-corrected chi connectivity index (χ4v) is 12.8. The third-order valence-electron chi connectivity index (χ3n) is 15.4. The van der Waals surface area contributed by atoms with Crippen LogP contribution in [0.25, 0.3) is 44.7 Å². The molecule has 8 heterocycles. The van der Waals surface area contributed by atoms with Crippen LogP contribution in [0.4, 0.5) is 14.0 Å². The van der Waals surface area contributed by atoms with Crippen molar-refractivity contribution < 1.29 is 47.6 Å². The summed E-state index contributed by atoms with van der Waals surface area (Å²) in [4.78, 5) is 78.3. The van der Waals surface area contributed by atoms with Crippen molar-refractivity contribution in [1.82, 2.24) is 49.9 Å². The third-order valence-corrected chi connectivity index (χ3v) is 16.4. The molecule has 4 amide bonds. The molecular formula is C55H63FN10O9S. The fraction of sp³-hybridized carbons (Fsp3) is 0.473. The van der Waals surface area contributed by atoms with Gasteiger partial charge in [0.25, 0.3) is 0 Å². The lowest BCUT2D eigenvalue weighted by Gasteiger charge is -2.42. The highest BCUT2D eigenvalue weighted by molar-refractivity contribution is 7.11. The normalized spacial score (nSPS) is 23.1. The summed E-state index contributed by atoms with van der Waals surface area (Å²) >= 11 is 1.55. The Hall–Kier alpha value is -7.10. The Balaban J connectivity index is 0.914. The number of amides is 4. The van der Waals surface area contributed by atoms with Gasteiger partial charge >= 0.3 is 12.2 Å². The highest BCUT2D eigenvalue weighted by atomic mass is 32.1. The van der Waals surface area contributed by atoms with Gasteiger partial charge in [-0.1, -0.05) is 39.8 Å². The minimum absolute atomic E-state index is 0.147. The number of imidazole rings is 2. The molecule has 5 aliphatic rings. The molecular weight excluding hydrogens is 996 g/mol. The number of carbonyl (C=O) groups is 4. The Morgan fingerprint density at radius 2 is 1.70 bits per heavy atom. The van der Waals surface area contributed by atoms with E-state index in [9.17, 15) is 24.3 Å². The minimum Gasteiger partial charge on any atom is -0.464 e. The number of benzene rings is 2. The highest BCUT2D eigenvalue weighted by Gasteiger charge is 2.59. The van der Waals surface area contributed by atoms with Crippen molar-refractivity contribution in [3.05, 3.63) is 94.0 Å². The van der Waals surface area contributed by atoms with Crippen molar-refractivity contribution >= 4 is 46.2 Å². The van der Waals surface area contributed by atoms with Crippen LogP contribution in [0.15, 0.2) is 66.6 Å². The van der Waals surface area contributed by atoms with Crippen LogP contribution >= 0.6 is 11.3 Å². The number of likely N-dealkylation sites (tertiary alicyclic amines) is 2. The number of nitrogens with one attached hydrogen (secondary N) is 4. The van der Waals surface area contributed by atoms with Crippen LogP contribution < -0.4 is 15.4 Å². The lowest BCUT2D eigenvalue weighted by Crippen LogP contribution is -2.59. The molecule has 7 atom stereocenters. The second-order valence-corrected chi connectivity index (χ2v) is 23.1. The van der Waals surface area contributed by atoms with E-state index in [-0.39, 0.29) is 41.6 Å². The van der Waals surface area contributed by atoms with E-state index in [1.54, 1.807) is 28.6 Å². The van der Waals surface area contributed by atoms with E-state index >= 15 is 4.39 Å². The summed E-state index contributed by atoms with van der Waals surface area (Å²) in [5.41, 5.74) is 2.58. The van der Waals surface area contributed by atoms with E-state index in [4.69, 9.17) is 28.9 Å².